The van der Waals surface area contributed by atoms with E-state index in [9.17, 15) is 4.79 Å². The number of rotatable bonds is 1. The summed E-state index contributed by atoms with van der Waals surface area (Å²) in [6.07, 6.45) is 4.16. The molecule has 0 amide bonds. The van der Waals surface area contributed by atoms with Gasteiger partial charge >= 0.3 is 0 Å². The largest absolute Gasteiger partial charge is 0.298 e. The molecular weight excluding hydrogens is 355 g/mol. The Balaban J connectivity index is 0.000000146. The van der Waals surface area contributed by atoms with Gasteiger partial charge in [0.2, 0.25) is 0 Å². The van der Waals surface area contributed by atoms with Gasteiger partial charge in [-0.25, -0.2) is 0 Å². The highest BCUT2D eigenvalue weighted by atomic mass is 35.5. The van der Waals surface area contributed by atoms with Crippen LogP contribution in [0, 0.1) is 6.92 Å². The summed E-state index contributed by atoms with van der Waals surface area (Å²) in [5, 5.41) is 3.29. The third-order valence-corrected chi connectivity index (χ3v) is 4.58. The first-order valence-corrected chi connectivity index (χ1v) is 8.35. The first-order valence-electron chi connectivity index (χ1n) is 7.60. The van der Waals surface area contributed by atoms with Crippen LogP contribution in [0.25, 0.3) is 21.8 Å². The molecule has 25 heavy (non-hydrogen) atoms. The fourth-order valence-corrected chi connectivity index (χ4v) is 2.87. The van der Waals surface area contributed by atoms with Crippen molar-refractivity contribution in [2.45, 2.75) is 6.92 Å². The summed E-state index contributed by atoms with van der Waals surface area (Å²) in [6.45, 7) is 1.98. The van der Waals surface area contributed by atoms with Gasteiger partial charge in [0, 0.05) is 28.2 Å². The molecule has 5 heteroatoms. The zero-order chi connectivity index (χ0) is 17.8. The molecule has 0 spiro atoms. The van der Waals surface area contributed by atoms with Crippen LogP contribution in [-0.4, -0.2) is 16.3 Å². The Labute approximate surface area is 155 Å². The molecule has 0 bridgehead atoms. The van der Waals surface area contributed by atoms with Crippen LogP contribution in [0.1, 0.15) is 15.9 Å². The maximum Gasteiger partial charge on any atom is 0.153 e. The lowest BCUT2D eigenvalue weighted by Gasteiger charge is -2.01. The highest BCUT2D eigenvalue weighted by molar-refractivity contribution is 6.34. The number of halogens is 2. The molecule has 0 aliphatic heterocycles. The van der Waals surface area contributed by atoms with E-state index < -0.39 is 0 Å². The summed E-state index contributed by atoms with van der Waals surface area (Å²) in [5.41, 5.74) is 3.16. The van der Waals surface area contributed by atoms with Gasteiger partial charge in [-0.2, -0.15) is 0 Å². The minimum atomic E-state index is 0.446. The molecule has 0 radical (unpaired) electrons. The topological polar surface area (TPSA) is 42.9 Å². The monoisotopic (exact) mass is 368 g/mol. The Kier molecular flexibility index (Phi) is 5.27. The van der Waals surface area contributed by atoms with Crippen molar-refractivity contribution < 1.29 is 4.79 Å². The zero-order valence-electron chi connectivity index (χ0n) is 13.4. The fraction of sp³-hybridized carbons (Fsp3) is 0.0500. The van der Waals surface area contributed by atoms with Gasteiger partial charge < -0.3 is 0 Å². The highest BCUT2D eigenvalue weighted by Gasteiger charge is 2.04. The summed E-state index contributed by atoms with van der Waals surface area (Å²) in [7, 11) is 0. The molecular formula is C20H14Cl2N2O. The Hall–Kier alpha value is -2.49. The summed E-state index contributed by atoms with van der Waals surface area (Å²) in [4.78, 5) is 19.1. The lowest BCUT2D eigenvalue weighted by Crippen LogP contribution is -1.87. The summed E-state index contributed by atoms with van der Waals surface area (Å²) >= 11 is 11.8. The Morgan fingerprint density at radius 2 is 1.36 bits per heavy atom. The molecule has 0 N–H and O–H groups in total. The molecule has 0 unspecified atom stereocenters. The van der Waals surface area contributed by atoms with E-state index in [0.717, 1.165) is 33.2 Å². The minimum Gasteiger partial charge on any atom is -0.298 e. The van der Waals surface area contributed by atoms with Gasteiger partial charge in [0.15, 0.2) is 6.29 Å². The maximum absolute atomic E-state index is 10.7. The summed E-state index contributed by atoms with van der Waals surface area (Å²) in [5.74, 6) is 0. The van der Waals surface area contributed by atoms with E-state index in [-0.39, 0.29) is 0 Å². The van der Waals surface area contributed by atoms with Crippen LogP contribution in [0.15, 0.2) is 60.9 Å². The predicted octanol–water partition coefficient (Wildman–Crippen LogP) is 5.90. The van der Waals surface area contributed by atoms with Crippen molar-refractivity contribution in [2.75, 3.05) is 0 Å². The number of carbonyl (C=O) groups is 1. The van der Waals surface area contributed by atoms with Crippen LogP contribution in [0.3, 0.4) is 0 Å². The second-order valence-corrected chi connectivity index (χ2v) is 6.22. The number of aryl methyl sites for hydroxylation is 1. The van der Waals surface area contributed by atoms with E-state index in [0.29, 0.717) is 16.1 Å². The van der Waals surface area contributed by atoms with E-state index in [1.807, 2.05) is 49.4 Å². The average Bonchev–Trinajstić information content (AvgIpc) is 2.65. The maximum atomic E-state index is 10.7. The first kappa shape index (κ1) is 17.3. The van der Waals surface area contributed by atoms with Gasteiger partial charge in [0.1, 0.15) is 0 Å². The molecule has 2 aromatic heterocycles. The SMILES string of the molecule is Cc1c(Cl)ccc2cccnc12.O=Cc1c(Cl)ccc2cccnc12. The standard InChI is InChI=1S/C10H6ClNO.C10H8ClN/c11-9-4-3-7-2-1-5-12-10(7)8(9)6-13;1-7-9(11)5-4-8-3-2-6-12-10(7)8/h1-6H;2-6H,1H3. The van der Waals surface area contributed by atoms with Crippen LogP contribution in [0.4, 0.5) is 0 Å². The zero-order valence-corrected chi connectivity index (χ0v) is 14.9. The molecule has 0 aliphatic rings. The number of nitrogens with zero attached hydrogens (tertiary/aromatic N) is 2. The van der Waals surface area contributed by atoms with Gasteiger partial charge in [-0.1, -0.05) is 47.5 Å². The molecule has 3 nitrogen and oxygen atoms in total. The third kappa shape index (κ3) is 3.63. The van der Waals surface area contributed by atoms with Gasteiger partial charge in [-0.15, -0.1) is 0 Å². The number of hydrogen-bond acceptors (Lipinski definition) is 3. The van der Waals surface area contributed by atoms with Crippen molar-refractivity contribution in [3.05, 3.63) is 82.1 Å². The van der Waals surface area contributed by atoms with Crippen LogP contribution in [0.2, 0.25) is 10.0 Å². The van der Waals surface area contributed by atoms with Crippen molar-refractivity contribution in [3.8, 4) is 0 Å². The minimum absolute atomic E-state index is 0.446. The van der Waals surface area contributed by atoms with E-state index in [4.69, 9.17) is 23.2 Å². The van der Waals surface area contributed by atoms with Gasteiger partial charge in [0.05, 0.1) is 21.6 Å². The first-order chi connectivity index (χ1) is 12.1. The average molecular weight is 369 g/mol. The molecule has 0 saturated heterocycles. The lowest BCUT2D eigenvalue weighted by molar-refractivity contribution is 0.112. The van der Waals surface area contributed by atoms with E-state index >= 15 is 0 Å². The van der Waals surface area contributed by atoms with Crippen LogP contribution >= 0.6 is 23.2 Å². The van der Waals surface area contributed by atoms with E-state index in [1.165, 1.54) is 0 Å². The normalized spacial score (nSPS) is 10.4. The predicted molar refractivity (Wildman–Crippen MR) is 104 cm³/mol. The Morgan fingerprint density at radius 1 is 0.800 bits per heavy atom. The lowest BCUT2D eigenvalue weighted by atomic mass is 10.1. The number of aromatic nitrogens is 2. The van der Waals surface area contributed by atoms with Gasteiger partial charge in [-0.3, -0.25) is 14.8 Å². The van der Waals surface area contributed by atoms with Crippen molar-refractivity contribution in [2.24, 2.45) is 0 Å². The summed E-state index contributed by atoms with van der Waals surface area (Å²) in [6, 6.07) is 15.1. The Morgan fingerprint density at radius 3 is 2.00 bits per heavy atom. The van der Waals surface area contributed by atoms with E-state index in [2.05, 4.69) is 9.97 Å². The van der Waals surface area contributed by atoms with Crippen LogP contribution < -0.4 is 0 Å². The molecule has 4 aromatic rings. The molecule has 0 atom stereocenters. The number of fused-ring (bicyclic) bond motifs is 2. The number of carbonyl (C=O) groups excluding carboxylic acids is 1. The Bertz CT molecular complexity index is 1060. The van der Waals surface area contributed by atoms with Crippen molar-refractivity contribution in [1.82, 2.24) is 9.97 Å². The van der Waals surface area contributed by atoms with E-state index in [1.54, 1.807) is 18.5 Å². The highest BCUT2D eigenvalue weighted by Crippen LogP contribution is 2.23. The molecule has 0 saturated carbocycles. The second-order valence-electron chi connectivity index (χ2n) is 5.40. The number of aldehydes is 1. The molecule has 2 aromatic carbocycles. The molecule has 0 fully saturated rings. The van der Waals surface area contributed by atoms with Crippen LogP contribution in [0.5, 0.6) is 0 Å². The molecule has 124 valence electrons. The smallest absolute Gasteiger partial charge is 0.153 e. The molecule has 4 rings (SSSR count). The van der Waals surface area contributed by atoms with Crippen molar-refractivity contribution in [3.63, 3.8) is 0 Å². The van der Waals surface area contributed by atoms with Crippen molar-refractivity contribution in [1.29, 1.82) is 0 Å². The number of pyridine rings is 2. The second kappa shape index (κ2) is 7.60. The molecule has 2 heterocycles. The summed E-state index contributed by atoms with van der Waals surface area (Å²) < 4.78 is 0. The van der Waals surface area contributed by atoms with Crippen LogP contribution in [-0.2, 0) is 0 Å². The van der Waals surface area contributed by atoms with Crippen molar-refractivity contribution >= 4 is 51.3 Å². The number of benzene rings is 2. The third-order valence-electron chi connectivity index (χ3n) is 3.84. The number of hydrogen-bond donors (Lipinski definition) is 0. The fourth-order valence-electron chi connectivity index (χ4n) is 2.52. The van der Waals surface area contributed by atoms with Gasteiger partial charge in [-0.05, 0) is 36.8 Å². The quantitative estimate of drug-likeness (QED) is 0.393. The van der Waals surface area contributed by atoms with Gasteiger partial charge in [0.25, 0.3) is 0 Å². The molecule has 0 aliphatic carbocycles.